The Balaban J connectivity index is 1.08. The molecule has 0 aliphatic carbocycles. The molecular formula is C27H29N9O. The quantitative estimate of drug-likeness (QED) is 0.434. The van der Waals surface area contributed by atoms with Gasteiger partial charge in [0.05, 0.1) is 17.3 Å². The maximum Gasteiger partial charge on any atom is 0.231 e. The summed E-state index contributed by atoms with van der Waals surface area (Å²) in [6.45, 7) is 7.23. The van der Waals surface area contributed by atoms with Crippen molar-refractivity contribution in [2.24, 2.45) is 5.92 Å². The van der Waals surface area contributed by atoms with E-state index in [1.807, 2.05) is 67.1 Å². The van der Waals surface area contributed by atoms with Crippen molar-refractivity contribution in [1.82, 2.24) is 29.9 Å². The van der Waals surface area contributed by atoms with Gasteiger partial charge >= 0.3 is 0 Å². The Morgan fingerprint density at radius 3 is 2.43 bits per heavy atom. The van der Waals surface area contributed by atoms with Crippen LogP contribution in [0.1, 0.15) is 24.2 Å². The molecule has 2 saturated heterocycles. The SMILES string of the molecule is Cc1cc(C)n(-c2cc(N3CC(C(=O)Nc4cccc(-c5ccc(N6CCCC6)nn5)c4)C3)ncn2)n1. The van der Waals surface area contributed by atoms with Crippen LogP contribution in [0.2, 0.25) is 0 Å². The van der Waals surface area contributed by atoms with Crippen LogP contribution in [-0.4, -0.2) is 62.0 Å². The Hall–Kier alpha value is -4.34. The van der Waals surface area contributed by atoms with Gasteiger partial charge in [0.2, 0.25) is 5.91 Å². The molecule has 1 amide bonds. The number of anilines is 3. The monoisotopic (exact) mass is 495 g/mol. The van der Waals surface area contributed by atoms with E-state index in [1.54, 1.807) is 6.33 Å². The largest absolute Gasteiger partial charge is 0.355 e. The van der Waals surface area contributed by atoms with E-state index < -0.39 is 0 Å². The molecule has 2 fully saturated rings. The van der Waals surface area contributed by atoms with Crippen molar-refractivity contribution in [2.75, 3.05) is 41.3 Å². The zero-order chi connectivity index (χ0) is 25.4. The summed E-state index contributed by atoms with van der Waals surface area (Å²) in [6, 6.07) is 15.7. The van der Waals surface area contributed by atoms with Gasteiger partial charge in [0.1, 0.15) is 12.1 Å². The number of aryl methyl sites for hydroxylation is 2. The van der Waals surface area contributed by atoms with Crippen LogP contribution in [0.3, 0.4) is 0 Å². The van der Waals surface area contributed by atoms with E-state index in [0.29, 0.717) is 13.1 Å². The lowest BCUT2D eigenvalue weighted by Crippen LogP contribution is -2.52. The Kier molecular flexibility index (Phi) is 5.99. The summed E-state index contributed by atoms with van der Waals surface area (Å²) >= 11 is 0. The Morgan fingerprint density at radius 2 is 1.70 bits per heavy atom. The second-order valence-electron chi connectivity index (χ2n) is 9.72. The van der Waals surface area contributed by atoms with E-state index in [-0.39, 0.29) is 11.8 Å². The molecule has 2 aliphatic rings. The van der Waals surface area contributed by atoms with Gasteiger partial charge in [-0.15, -0.1) is 10.2 Å². The maximum absolute atomic E-state index is 12.9. The highest BCUT2D eigenvalue weighted by Gasteiger charge is 2.34. The average molecular weight is 496 g/mol. The number of rotatable bonds is 6. The fourth-order valence-electron chi connectivity index (χ4n) is 4.91. The number of aromatic nitrogens is 6. The third kappa shape index (κ3) is 4.74. The average Bonchev–Trinajstić information content (AvgIpc) is 3.53. The standard InChI is InChI=1S/C27H29N9O/c1-18-12-19(2)36(33-18)26-14-25(28-17-29-26)35-15-21(16-35)27(37)30-22-7-5-6-20(13-22)23-8-9-24(32-31-23)34-10-3-4-11-34/h5-9,12-14,17,21H,3-4,10-11,15-16H2,1-2H3,(H,30,37). The van der Waals surface area contributed by atoms with E-state index in [9.17, 15) is 4.79 Å². The molecule has 1 aromatic carbocycles. The number of carbonyl (C=O) groups is 1. The molecule has 0 saturated carbocycles. The normalized spacial score (nSPS) is 15.6. The Bertz CT molecular complexity index is 1420. The first-order valence-corrected chi connectivity index (χ1v) is 12.6. The predicted octanol–water partition coefficient (Wildman–Crippen LogP) is 3.41. The summed E-state index contributed by atoms with van der Waals surface area (Å²) in [4.78, 5) is 26.0. The van der Waals surface area contributed by atoms with E-state index >= 15 is 0 Å². The number of hydrogen-bond donors (Lipinski definition) is 1. The molecule has 10 heteroatoms. The number of amides is 1. The van der Waals surface area contributed by atoms with E-state index in [4.69, 9.17) is 0 Å². The van der Waals surface area contributed by atoms with Crippen molar-refractivity contribution < 1.29 is 4.79 Å². The predicted molar refractivity (Wildman–Crippen MR) is 142 cm³/mol. The summed E-state index contributed by atoms with van der Waals surface area (Å²) < 4.78 is 1.81. The van der Waals surface area contributed by atoms with Crippen molar-refractivity contribution in [2.45, 2.75) is 26.7 Å². The smallest absolute Gasteiger partial charge is 0.231 e. The van der Waals surface area contributed by atoms with Gasteiger partial charge in [0.25, 0.3) is 0 Å². The molecule has 188 valence electrons. The second kappa shape index (κ2) is 9.61. The highest BCUT2D eigenvalue weighted by atomic mass is 16.2. The van der Waals surface area contributed by atoms with Crippen LogP contribution in [0.25, 0.3) is 17.1 Å². The molecule has 0 atom stereocenters. The maximum atomic E-state index is 12.9. The van der Waals surface area contributed by atoms with Gasteiger partial charge in [-0.3, -0.25) is 4.79 Å². The van der Waals surface area contributed by atoms with Crippen molar-refractivity contribution in [3.63, 3.8) is 0 Å². The van der Waals surface area contributed by atoms with Crippen LogP contribution in [0.15, 0.2) is 54.9 Å². The van der Waals surface area contributed by atoms with Crippen LogP contribution < -0.4 is 15.1 Å². The Labute approximate surface area is 215 Å². The minimum Gasteiger partial charge on any atom is -0.355 e. The first-order chi connectivity index (χ1) is 18.0. The number of benzene rings is 1. The van der Waals surface area contributed by atoms with Gasteiger partial charge in [-0.05, 0) is 57.0 Å². The molecule has 1 N–H and O–H groups in total. The number of nitrogens with zero attached hydrogens (tertiary/aromatic N) is 8. The lowest BCUT2D eigenvalue weighted by molar-refractivity contribution is -0.120. The lowest BCUT2D eigenvalue weighted by atomic mass is 9.99. The second-order valence-corrected chi connectivity index (χ2v) is 9.72. The summed E-state index contributed by atoms with van der Waals surface area (Å²) in [6.07, 6.45) is 3.95. The highest BCUT2D eigenvalue weighted by molar-refractivity contribution is 5.94. The minimum atomic E-state index is -0.115. The van der Waals surface area contributed by atoms with Crippen LogP contribution in [0.4, 0.5) is 17.3 Å². The molecule has 0 radical (unpaired) electrons. The molecule has 6 rings (SSSR count). The molecule has 5 heterocycles. The summed E-state index contributed by atoms with van der Waals surface area (Å²) in [5.41, 5.74) is 4.41. The van der Waals surface area contributed by atoms with Crippen LogP contribution in [0, 0.1) is 19.8 Å². The van der Waals surface area contributed by atoms with Crippen molar-refractivity contribution in [3.05, 3.63) is 66.2 Å². The molecule has 2 aliphatic heterocycles. The zero-order valence-electron chi connectivity index (χ0n) is 21.0. The van der Waals surface area contributed by atoms with Crippen LogP contribution in [-0.2, 0) is 4.79 Å². The fraction of sp³-hybridized carbons (Fsp3) is 0.333. The highest BCUT2D eigenvalue weighted by Crippen LogP contribution is 2.27. The molecule has 0 bridgehead atoms. The van der Waals surface area contributed by atoms with Gasteiger partial charge in [0, 0.05) is 49.2 Å². The van der Waals surface area contributed by atoms with Crippen molar-refractivity contribution in [1.29, 1.82) is 0 Å². The van der Waals surface area contributed by atoms with Gasteiger partial charge in [-0.25, -0.2) is 14.6 Å². The molecule has 3 aromatic heterocycles. The lowest BCUT2D eigenvalue weighted by Gasteiger charge is -2.39. The molecule has 37 heavy (non-hydrogen) atoms. The zero-order valence-corrected chi connectivity index (χ0v) is 21.0. The topological polar surface area (TPSA) is 105 Å². The first-order valence-electron chi connectivity index (χ1n) is 12.6. The third-order valence-corrected chi connectivity index (χ3v) is 6.95. The van der Waals surface area contributed by atoms with Gasteiger partial charge in [-0.2, -0.15) is 5.10 Å². The van der Waals surface area contributed by atoms with Gasteiger partial charge in [0.15, 0.2) is 11.6 Å². The summed E-state index contributed by atoms with van der Waals surface area (Å²) in [5.74, 6) is 2.31. The van der Waals surface area contributed by atoms with Gasteiger partial charge in [-0.1, -0.05) is 12.1 Å². The molecule has 4 aromatic rings. The Morgan fingerprint density at radius 1 is 0.892 bits per heavy atom. The van der Waals surface area contributed by atoms with E-state index in [1.165, 1.54) is 12.8 Å². The van der Waals surface area contributed by atoms with E-state index in [2.05, 4.69) is 40.4 Å². The van der Waals surface area contributed by atoms with Crippen molar-refractivity contribution in [3.8, 4) is 17.1 Å². The number of nitrogens with one attached hydrogen (secondary N) is 1. The molecule has 0 spiro atoms. The minimum absolute atomic E-state index is 0.00306. The van der Waals surface area contributed by atoms with Crippen molar-refractivity contribution >= 4 is 23.2 Å². The van der Waals surface area contributed by atoms with Crippen LogP contribution >= 0.6 is 0 Å². The van der Waals surface area contributed by atoms with Gasteiger partial charge < -0.3 is 15.1 Å². The molecule has 0 unspecified atom stereocenters. The third-order valence-electron chi connectivity index (χ3n) is 6.95. The number of carbonyl (C=O) groups excluding carboxylic acids is 1. The first kappa shape index (κ1) is 23.1. The van der Waals surface area contributed by atoms with Crippen LogP contribution in [0.5, 0.6) is 0 Å². The molecule has 10 nitrogen and oxygen atoms in total. The fourth-order valence-corrected chi connectivity index (χ4v) is 4.91. The van der Waals surface area contributed by atoms with E-state index in [0.717, 1.165) is 58.9 Å². The summed E-state index contributed by atoms with van der Waals surface area (Å²) in [5, 5.41) is 16.4. The number of hydrogen-bond acceptors (Lipinski definition) is 8. The summed E-state index contributed by atoms with van der Waals surface area (Å²) in [7, 11) is 0. The molecular weight excluding hydrogens is 466 g/mol.